The van der Waals surface area contributed by atoms with Crippen molar-refractivity contribution in [1.29, 1.82) is 0 Å². The Kier molecular flexibility index (Phi) is 5.84. The van der Waals surface area contributed by atoms with Crippen LogP contribution in [0.1, 0.15) is 5.76 Å². The van der Waals surface area contributed by atoms with Crippen LogP contribution < -0.4 is 10.9 Å². The fourth-order valence-corrected chi connectivity index (χ4v) is 4.35. The second kappa shape index (κ2) is 8.95. The van der Waals surface area contributed by atoms with Gasteiger partial charge in [0.15, 0.2) is 22.3 Å². The molecule has 3 aromatic heterocycles. The highest BCUT2D eigenvalue weighted by atomic mass is 79.9. The number of hydrogen-bond donors (Lipinski definition) is 1. The van der Waals surface area contributed by atoms with E-state index in [1.165, 1.54) is 28.8 Å². The molecule has 0 saturated heterocycles. The lowest BCUT2D eigenvalue weighted by atomic mass is 10.1. The normalized spacial score (nSPS) is 11.3. The molecule has 3 heterocycles. The molecule has 0 aliphatic carbocycles. The molecule has 0 atom stereocenters. The van der Waals surface area contributed by atoms with Gasteiger partial charge >= 0.3 is 0 Å². The molecule has 0 bridgehead atoms. The average Bonchev–Trinajstić information content (AvgIpc) is 3.22. The monoisotopic (exact) mass is 540 g/mol. The van der Waals surface area contributed by atoms with Crippen molar-refractivity contribution in [2.75, 3.05) is 11.1 Å². The molecule has 0 saturated carbocycles. The van der Waals surface area contributed by atoms with Crippen LogP contribution in [0.15, 0.2) is 67.5 Å². The van der Waals surface area contributed by atoms with E-state index in [0.29, 0.717) is 33.2 Å². The van der Waals surface area contributed by atoms with Crippen LogP contribution in [-0.4, -0.2) is 36.4 Å². The van der Waals surface area contributed by atoms with E-state index in [1.807, 2.05) is 6.07 Å². The summed E-state index contributed by atoms with van der Waals surface area (Å²) in [5.41, 5.74) is 0.767. The highest BCUT2D eigenvalue weighted by Gasteiger charge is 2.17. The highest BCUT2D eigenvalue weighted by molar-refractivity contribution is 9.10. The summed E-state index contributed by atoms with van der Waals surface area (Å²) in [6.45, 7) is 1.72. The second-order valence-corrected chi connectivity index (χ2v) is 9.08. The fraction of sp³-hybridized carbons (Fsp3) is 0.0909. The van der Waals surface area contributed by atoms with Crippen molar-refractivity contribution < 1.29 is 13.7 Å². The van der Waals surface area contributed by atoms with Gasteiger partial charge in [0.05, 0.1) is 11.3 Å². The molecule has 9 nitrogen and oxygen atoms in total. The molecule has 170 valence electrons. The first-order valence-electron chi connectivity index (χ1n) is 9.89. The number of rotatable bonds is 5. The predicted octanol–water partition coefficient (Wildman–Crippen LogP) is 4.23. The number of aryl methyl sites for hydroxylation is 1. The molecule has 1 amide bonds. The van der Waals surface area contributed by atoms with E-state index >= 15 is 0 Å². The van der Waals surface area contributed by atoms with Crippen molar-refractivity contribution in [3.8, 4) is 11.3 Å². The first kappa shape index (κ1) is 22.2. The quantitative estimate of drug-likeness (QED) is 0.200. The van der Waals surface area contributed by atoms with E-state index in [0.717, 1.165) is 16.2 Å². The maximum absolute atomic E-state index is 13.4. The lowest BCUT2D eigenvalue weighted by Gasteiger charge is -2.11. The topological polar surface area (TPSA) is 115 Å². The largest absolute Gasteiger partial charge is 0.360 e. The molecule has 0 aliphatic rings. The smallest absolute Gasteiger partial charge is 0.300 e. The summed E-state index contributed by atoms with van der Waals surface area (Å²) < 4.78 is 20.5. The molecule has 0 fully saturated rings. The van der Waals surface area contributed by atoms with Crippen LogP contribution >= 0.6 is 27.7 Å². The molecule has 5 rings (SSSR count). The van der Waals surface area contributed by atoms with E-state index in [9.17, 15) is 14.0 Å². The lowest BCUT2D eigenvalue weighted by Crippen LogP contribution is -2.19. The van der Waals surface area contributed by atoms with Crippen LogP contribution in [0.4, 0.5) is 10.2 Å². The molecule has 34 heavy (non-hydrogen) atoms. The van der Waals surface area contributed by atoms with Gasteiger partial charge in [-0.05, 0) is 49.4 Å². The van der Waals surface area contributed by atoms with Crippen LogP contribution in [0, 0.1) is 12.7 Å². The summed E-state index contributed by atoms with van der Waals surface area (Å²) in [6, 6.07) is 12.4. The molecule has 1 N–H and O–H groups in total. The Morgan fingerprint density at radius 1 is 1.18 bits per heavy atom. The van der Waals surface area contributed by atoms with Gasteiger partial charge in [0, 0.05) is 21.5 Å². The first-order valence-corrected chi connectivity index (χ1v) is 11.7. The number of anilines is 1. The lowest BCUT2D eigenvalue weighted by molar-refractivity contribution is -0.113. The van der Waals surface area contributed by atoms with Gasteiger partial charge in [-0.25, -0.2) is 9.37 Å². The number of nitrogens with one attached hydrogen (secondary N) is 1. The SMILES string of the molecule is Cc1cc(NC(=O)CSc2nc3ccc(Br)cc3c3nc(=O)c(-c4ccc(F)cc4)nn23)no1. The van der Waals surface area contributed by atoms with Gasteiger partial charge in [0.25, 0.3) is 5.56 Å². The molecule has 2 aromatic carbocycles. The number of carbonyl (C=O) groups is 1. The maximum Gasteiger partial charge on any atom is 0.300 e. The second-order valence-electron chi connectivity index (χ2n) is 7.22. The van der Waals surface area contributed by atoms with Crippen molar-refractivity contribution in [2.45, 2.75) is 12.1 Å². The average molecular weight is 541 g/mol. The summed E-state index contributed by atoms with van der Waals surface area (Å²) >= 11 is 4.55. The Bertz CT molecular complexity index is 1620. The van der Waals surface area contributed by atoms with Gasteiger partial charge in [-0.2, -0.15) is 14.6 Å². The summed E-state index contributed by atoms with van der Waals surface area (Å²) in [4.78, 5) is 34.2. The van der Waals surface area contributed by atoms with Crippen molar-refractivity contribution in [3.63, 3.8) is 0 Å². The third-order valence-electron chi connectivity index (χ3n) is 4.75. The Balaban J connectivity index is 1.59. The zero-order chi connectivity index (χ0) is 23.8. The minimum atomic E-state index is -0.561. The molecule has 12 heteroatoms. The summed E-state index contributed by atoms with van der Waals surface area (Å²) in [7, 11) is 0. The summed E-state index contributed by atoms with van der Waals surface area (Å²) in [5.74, 6) is 0.127. The van der Waals surface area contributed by atoms with E-state index in [2.05, 4.69) is 41.5 Å². The Morgan fingerprint density at radius 3 is 2.71 bits per heavy atom. The molecule has 0 aliphatic heterocycles. The minimum Gasteiger partial charge on any atom is -0.360 e. The number of halogens is 2. The van der Waals surface area contributed by atoms with Crippen molar-refractivity contribution in [3.05, 3.63) is 74.9 Å². The van der Waals surface area contributed by atoms with Gasteiger partial charge < -0.3 is 9.84 Å². The van der Waals surface area contributed by atoms with Crippen LogP contribution in [0.25, 0.3) is 27.8 Å². The van der Waals surface area contributed by atoms with Crippen molar-refractivity contribution in [1.82, 2.24) is 24.7 Å². The maximum atomic E-state index is 13.4. The third kappa shape index (κ3) is 4.41. The van der Waals surface area contributed by atoms with Crippen LogP contribution in [0.5, 0.6) is 0 Å². The summed E-state index contributed by atoms with van der Waals surface area (Å²) in [6.07, 6.45) is 0. The molecular weight excluding hydrogens is 527 g/mol. The van der Waals surface area contributed by atoms with E-state index in [-0.39, 0.29) is 23.0 Å². The van der Waals surface area contributed by atoms with Crippen molar-refractivity contribution in [2.24, 2.45) is 0 Å². The molecule has 5 aromatic rings. The molecule has 0 unspecified atom stereocenters. The van der Waals surface area contributed by atoms with Crippen LogP contribution in [0.2, 0.25) is 0 Å². The Labute approximate surface area is 203 Å². The van der Waals surface area contributed by atoms with E-state index in [4.69, 9.17) is 4.52 Å². The van der Waals surface area contributed by atoms with E-state index in [1.54, 1.807) is 25.1 Å². The number of amides is 1. The number of nitrogens with zero attached hydrogens (tertiary/aromatic N) is 5. The number of thioether (sulfide) groups is 1. The van der Waals surface area contributed by atoms with E-state index < -0.39 is 11.4 Å². The molecule has 0 spiro atoms. The number of carbonyl (C=O) groups excluding carboxylic acids is 1. The highest BCUT2D eigenvalue weighted by Crippen LogP contribution is 2.26. The van der Waals surface area contributed by atoms with Gasteiger partial charge in [-0.3, -0.25) is 9.59 Å². The number of aromatic nitrogens is 5. The Hall–Kier alpha value is -3.64. The van der Waals surface area contributed by atoms with Gasteiger partial charge in [0.1, 0.15) is 11.6 Å². The number of benzene rings is 2. The van der Waals surface area contributed by atoms with Gasteiger partial charge in [-0.15, -0.1) is 0 Å². The third-order valence-corrected chi connectivity index (χ3v) is 6.18. The number of hydrogen-bond acceptors (Lipinski definition) is 8. The Morgan fingerprint density at radius 2 is 1.97 bits per heavy atom. The van der Waals surface area contributed by atoms with Crippen LogP contribution in [0.3, 0.4) is 0 Å². The standard InChI is InChI=1S/C22H14BrFN6O3S/c1-11-8-17(29-33-11)26-18(31)10-34-22-25-16-7-4-13(23)9-15(16)20-27-21(32)19(28-30(20)22)12-2-5-14(24)6-3-12/h2-9H,10H2,1H3,(H,26,29,31). The zero-order valence-electron chi connectivity index (χ0n) is 17.5. The number of fused-ring (bicyclic) bond motifs is 3. The van der Waals surface area contributed by atoms with Crippen LogP contribution in [-0.2, 0) is 4.79 Å². The zero-order valence-corrected chi connectivity index (χ0v) is 19.9. The predicted molar refractivity (Wildman–Crippen MR) is 128 cm³/mol. The first-order chi connectivity index (χ1) is 16.4. The molecule has 0 radical (unpaired) electrons. The van der Waals surface area contributed by atoms with Gasteiger partial charge in [-0.1, -0.05) is 32.8 Å². The van der Waals surface area contributed by atoms with Gasteiger partial charge in [0.2, 0.25) is 5.91 Å². The fourth-order valence-electron chi connectivity index (χ4n) is 3.25. The summed E-state index contributed by atoms with van der Waals surface area (Å²) in [5, 5.41) is 11.8. The molecular formula is C22H14BrFN6O3S. The minimum absolute atomic E-state index is 0.00424. The van der Waals surface area contributed by atoms with Crippen molar-refractivity contribution >= 4 is 56.0 Å².